The highest BCUT2D eigenvalue weighted by Gasteiger charge is 2.39. The van der Waals surface area contributed by atoms with E-state index in [4.69, 9.17) is 9.84 Å². The third-order valence-corrected chi connectivity index (χ3v) is 3.33. The maximum Gasteiger partial charge on any atom is 0.416 e. The molecular weight excluding hydrogens is 299 g/mol. The van der Waals surface area contributed by atoms with Crippen LogP contribution in [0.25, 0.3) is 6.08 Å². The molecule has 0 fully saturated rings. The first-order valence-corrected chi connectivity index (χ1v) is 6.71. The molecule has 22 heavy (non-hydrogen) atoms. The highest BCUT2D eigenvalue weighted by molar-refractivity contribution is 5.91. The second-order valence-corrected chi connectivity index (χ2v) is 5.08. The van der Waals surface area contributed by atoms with Crippen molar-refractivity contribution < 1.29 is 27.8 Å². The molecule has 0 radical (unpaired) electrons. The molecule has 0 aliphatic carbocycles. The van der Waals surface area contributed by atoms with Gasteiger partial charge in [0.2, 0.25) is 5.91 Å². The van der Waals surface area contributed by atoms with Gasteiger partial charge in [0, 0.05) is 19.5 Å². The van der Waals surface area contributed by atoms with Crippen LogP contribution in [0, 0.1) is 0 Å². The van der Waals surface area contributed by atoms with Crippen molar-refractivity contribution in [1.82, 2.24) is 4.90 Å². The van der Waals surface area contributed by atoms with Gasteiger partial charge < -0.3 is 14.7 Å². The zero-order valence-corrected chi connectivity index (χ0v) is 11.9. The molecule has 2 rings (SSSR count). The molecule has 1 atom stereocenters. The number of fused-ring (bicyclic) bond motifs is 1. The second kappa shape index (κ2) is 6.39. The molecule has 120 valence electrons. The predicted octanol–water partition coefficient (Wildman–Crippen LogP) is 2.02. The van der Waals surface area contributed by atoms with Crippen molar-refractivity contribution >= 4 is 12.0 Å². The van der Waals surface area contributed by atoms with Crippen molar-refractivity contribution in [3.63, 3.8) is 0 Å². The topological polar surface area (TPSA) is 49.8 Å². The Morgan fingerprint density at radius 2 is 2.23 bits per heavy atom. The Balaban J connectivity index is 1.96. The highest BCUT2D eigenvalue weighted by atomic mass is 19.4. The van der Waals surface area contributed by atoms with E-state index in [0.717, 1.165) is 28.2 Å². The number of ether oxygens (including phenoxy) is 1. The molecule has 1 aromatic rings. The second-order valence-electron chi connectivity index (χ2n) is 5.08. The maximum atomic E-state index is 12.2. The quantitative estimate of drug-likeness (QED) is 0.865. The van der Waals surface area contributed by atoms with E-state index in [2.05, 4.69) is 0 Å². The zero-order valence-electron chi connectivity index (χ0n) is 11.9. The Bertz CT molecular complexity index is 584. The fraction of sp³-hybridized carbons (Fsp3) is 0.400. The number of likely N-dealkylation sites (N-methyl/N-ethyl adjacent to an activating group) is 1. The molecule has 0 saturated carbocycles. The number of benzene rings is 1. The number of amides is 1. The Morgan fingerprint density at radius 1 is 1.50 bits per heavy atom. The van der Waals surface area contributed by atoms with Gasteiger partial charge >= 0.3 is 6.18 Å². The standard InChI is InChI=1S/C15H16F3NO3/c1-19(9-13(20)15(16,17)18)14(21)5-3-10-2-4-12-11(8-10)6-7-22-12/h2-5,8,13,20H,6-7,9H2,1H3/b5-3+. The van der Waals surface area contributed by atoms with Crippen LogP contribution in [-0.4, -0.2) is 48.4 Å². The minimum Gasteiger partial charge on any atom is -0.493 e. The molecule has 0 saturated heterocycles. The first-order chi connectivity index (χ1) is 10.3. The Labute approximate surface area is 125 Å². The number of alkyl halides is 3. The lowest BCUT2D eigenvalue weighted by atomic mass is 10.1. The number of aliphatic hydroxyl groups is 1. The van der Waals surface area contributed by atoms with Gasteiger partial charge in [0.25, 0.3) is 0 Å². The summed E-state index contributed by atoms with van der Waals surface area (Å²) in [5.41, 5.74) is 1.80. The Morgan fingerprint density at radius 3 is 2.91 bits per heavy atom. The number of carbonyl (C=O) groups excluding carboxylic acids is 1. The van der Waals surface area contributed by atoms with Crippen LogP contribution in [0.15, 0.2) is 24.3 Å². The van der Waals surface area contributed by atoms with Gasteiger partial charge in [-0.3, -0.25) is 4.79 Å². The van der Waals surface area contributed by atoms with E-state index in [1.54, 1.807) is 12.1 Å². The third-order valence-electron chi connectivity index (χ3n) is 3.33. The first kappa shape index (κ1) is 16.4. The molecule has 1 amide bonds. The van der Waals surface area contributed by atoms with Gasteiger partial charge in [-0.2, -0.15) is 13.2 Å². The molecular formula is C15H16F3NO3. The van der Waals surface area contributed by atoms with Gasteiger partial charge in [-0.25, -0.2) is 0 Å². The van der Waals surface area contributed by atoms with Gasteiger partial charge in [0.05, 0.1) is 13.2 Å². The fourth-order valence-electron chi connectivity index (χ4n) is 2.06. The summed E-state index contributed by atoms with van der Waals surface area (Å²) < 4.78 is 42.1. The van der Waals surface area contributed by atoms with Crippen molar-refractivity contribution in [2.45, 2.75) is 18.7 Å². The van der Waals surface area contributed by atoms with Crippen LogP contribution < -0.4 is 4.74 Å². The molecule has 1 unspecified atom stereocenters. The molecule has 0 aromatic heterocycles. The Hall–Kier alpha value is -2.02. The maximum absolute atomic E-state index is 12.2. The highest BCUT2D eigenvalue weighted by Crippen LogP contribution is 2.26. The van der Waals surface area contributed by atoms with Crippen LogP contribution in [0.2, 0.25) is 0 Å². The number of halogens is 3. The summed E-state index contributed by atoms with van der Waals surface area (Å²) in [5.74, 6) is 0.203. The van der Waals surface area contributed by atoms with Crippen LogP contribution >= 0.6 is 0 Å². The Kier molecular flexibility index (Phi) is 4.75. The third kappa shape index (κ3) is 4.00. The normalized spacial score (nSPS) is 15.5. The molecule has 7 heteroatoms. The van der Waals surface area contributed by atoms with E-state index in [0.29, 0.717) is 6.61 Å². The van der Waals surface area contributed by atoms with Gasteiger partial charge in [-0.15, -0.1) is 0 Å². The molecule has 1 N–H and O–H groups in total. The van der Waals surface area contributed by atoms with Crippen molar-refractivity contribution in [3.8, 4) is 5.75 Å². The van der Waals surface area contributed by atoms with Crippen LogP contribution in [-0.2, 0) is 11.2 Å². The van der Waals surface area contributed by atoms with Gasteiger partial charge in [0.1, 0.15) is 5.75 Å². The van der Waals surface area contributed by atoms with Gasteiger partial charge in [-0.05, 0) is 29.3 Å². The van der Waals surface area contributed by atoms with Crippen molar-refractivity contribution in [3.05, 3.63) is 35.4 Å². The first-order valence-electron chi connectivity index (χ1n) is 6.71. The predicted molar refractivity (Wildman–Crippen MR) is 74.4 cm³/mol. The molecule has 1 aromatic carbocycles. The zero-order chi connectivity index (χ0) is 16.3. The van der Waals surface area contributed by atoms with E-state index < -0.39 is 24.7 Å². The lowest BCUT2D eigenvalue weighted by Crippen LogP contribution is -2.41. The SMILES string of the molecule is CN(CC(O)C(F)(F)F)C(=O)/C=C/c1ccc2c(c1)CCO2. The molecule has 0 bridgehead atoms. The number of rotatable bonds is 4. The summed E-state index contributed by atoms with van der Waals surface area (Å²) in [6.07, 6.45) is -3.79. The number of carbonyl (C=O) groups is 1. The van der Waals surface area contributed by atoms with E-state index >= 15 is 0 Å². The minimum absolute atomic E-state index is 0.611. The van der Waals surface area contributed by atoms with E-state index in [1.165, 1.54) is 19.2 Å². The summed E-state index contributed by atoms with van der Waals surface area (Å²) in [7, 11) is 1.21. The van der Waals surface area contributed by atoms with E-state index in [-0.39, 0.29) is 0 Å². The summed E-state index contributed by atoms with van der Waals surface area (Å²) in [6, 6.07) is 5.43. The van der Waals surface area contributed by atoms with Crippen molar-refractivity contribution in [2.75, 3.05) is 20.2 Å². The monoisotopic (exact) mass is 315 g/mol. The van der Waals surface area contributed by atoms with Crippen LogP contribution in [0.3, 0.4) is 0 Å². The number of nitrogens with zero attached hydrogens (tertiary/aromatic N) is 1. The number of aliphatic hydroxyl groups excluding tert-OH is 1. The van der Waals surface area contributed by atoms with Crippen molar-refractivity contribution in [1.29, 1.82) is 0 Å². The van der Waals surface area contributed by atoms with E-state index in [1.807, 2.05) is 6.07 Å². The minimum atomic E-state index is -4.74. The summed E-state index contributed by atoms with van der Waals surface area (Å²) >= 11 is 0. The lowest BCUT2D eigenvalue weighted by molar-refractivity contribution is -0.207. The molecule has 4 nitrogen and oxygen atoms in total. The molecule has 1 aliphatic heterocycles. The number of hydrogen-bond acceptors (Lipinski definition) is 3. The summed E-state index contributed by atoms with van der Waals surface area (Å²) in [4.78, 5) is 12.6. The van der Waals surface area contributed by atoms with Crippen LogP contribution in [0.5, 0.6) is 5.75 Å². The summed E-state index contributed by atoms with van der Waals surface area (Å²) in [6.45, 7) is -0.176. The average molecular weight is 315 g/mol. The number of hydrogen-bond donors (Lipinski definition) is 1. The smallest absolute Gasteiger partial charge is 0.416 e. The average Bonchev–Trinajstić information content (AvgIpc) is 2.90. The fourth-order valence-corrected chi connectivity index (χ4v) is 2.06. The van der Waals surface area contributed by atoms with Crippen LogP contribution in [0.4, 0.5) is 13.2 Å². The van der Waals surface area contributed by atoms with Gasteiger partial charge in [0.15, 0.2) is 6.10 Å². The summed E-state index contributed by atoms with van der Waals surface area (Å²) in [5, 5.41) is 8.94. The molecule has 0 spiro atoms. The van der Waals surface area contributed by atoms with Gasteiger partial charge in [-0.1, -0.05) is 6.07 Å². The van der Waals surface area contributed by atoms with E-state index in [9.17, 15) is 18.0 Å². The molecule has 1 aliphatic rings. The largest absolute Gasteiger partial charge is 0.493 e. The van der Waals surface area contributed by atoms with Crippen molar-refractivity contribution in [2.24, 2.45) is 0 Å². The molecule has 1 heterocycles. The lowest BCUT2D eigenvalue weighted by Gasteiger charge is -2.21. The van der Waals surface area contributed by atoms with Crippen LogP contribution in [0.1, 0.15) is 11.1 Å².